The van der Waals surface area contributed by atoms with Crippen LogP contribution >= 0.6 is 22.9 Å². The van der Waals surface area contributed by atoms with Gasteiger partial charge < -0.3 is 5.32 Å². The average Bonchev–Trinajstić information content (AvgIpc) is 3.39. The van der Waals surface area contributed by atoms with Gasteiger partial charge in [-0.1, -0.05) is 23.7 Å². The Morgan fingerprint density at radius 2 is 1.97 bits per heavy atom. The summed E-state index contributed by atoms with van der Waals surface area (Å²) in [6, 6.07) is 12.7. The summed E-state index contributed by atoms with van der Waals surface area (Å²) in [5, 5.41) is 6.38. The van der Waals surface area contributed by atoms with Crippen molar-refractivity contribution in [2.24, 2.45) is 0 Å². The molecule has 2 aromatic carbocycles. The summed E-state index contributed by atoms with van der Waals surface area (Å²) in [6.45, 7) is -0.268. The molecule has 30 heavy (non-hydrogen) atoms. The fourth-order valence-corrected chi connectivity index (χ4v) is 3.82. The van der Waals surface area contributed by atoms with E-state index >= 15 is 0 Å². The number of nitrogens with zero attached hydrogens (tertiary/aromatic N) is 2. The van der Waals surface area contributed by atoms with Crippen LogP contribution < -0.4 is 15.8 Å². The number of hydrogen-bond acceptors (Lipinski definition) is 5. The molecule has 4 rings (SSSR count). The van der Waals surface area contributed by atoms with Gasteiger partial charge in [0.1, 0.15) is 10.7 Å². The molecule has 5 nitrogen and oxygen atoms in total. The minimum Gasteiger partial charge on any atom is -0.322 e. The van der Waals surface area contributed by atoms with Crippen LogP contribution in [0.3, 0.4) is 0 Å². The molecular weight excluding hydrogens is 437 g/mol. The maximum Gasteiger partial charge on any atom is 0.433 e. The monoisotopic (exact) mass is 450 g/mol. The van der Waals surface area contributed by atoms with Gasteiger partial charge in [0.2, 0.25) is 0 Å². The topological polar surface area (TPSA) is 57.3 Å². The van der Waals surface area contributed by atoms with Gasteiger partial charge in [0.15, 0.2) is 0 Å². The normalized spacial score (nSPS) is 14.3. The van der Waals surface area contributed by atoms with E-state index in [1.165, 1.54) is 35.6 Å². The molecule has 1 aliphatic rings. The quantitative estimate of drug-likeness (QED) is 0.570. The molecule has 1 aliphatic heterocycles. The number of halogens is 4. The van der Waals surface area contributed by atoms with E-state index in [4.69, 9.17) is 11.6 Å². The number of amides is 1. The highest BCUT2D eigenvalue weighted by Gasteiger charge is 2.45. The first-order valence-electron chi connectivity index (χ1n) is 8.74. The van der Waals surface area contributed by atoms with Crippen molar-refractivity contribution in [3.8, 4) is 10.6 Å². The number of carbonyl (C=O) groups is 1. The van der Waals surface area contributed by atoms with Crippen LogP contribution in [0, 0.1) is 0 Å². The zero-order valence-corrected chi connectivity index (χ0v) is 16.8. The molecule has 1 amide bonds. The highest BCUT2D eigenvalue weighted by Crippen LogP contribution is 2.37. The first-order chi connectivity index (χ1) is 14.3. The summed E-state index contributed by atoms with van der Waals surface area (Å²) in [5.74, 6) is -0.831. The Bertz CT molecular complexity index is 1100. The van der Waals surface area contributed by atoms with E-state index in [0.29, 0.717) is 10.7 Å². The number of rotatable bonds is 4. The zero-order valence-electron chi connectivity index (χ0n) is 15.2. The molecular formula is C20H14ClF3N4OS. The summed E-state index contributed by atoms with van der Waals surface area (Å²) in [5.41, 5.74) is 2.53. The van der Waals surface area contributed by atoms with Crippen molar-refractivity contribution in [3.05, 3.63) is 76.4 Å². The third-order valence-corrected chi connectivity index (χ3v) is 5.42. The van der Waals surface area contributed by atoms with Crippen molar-refractivity contribution < 1.29 is 18.0 Å². The van der Waals surface area contributed by atoms with Crippen LogP contribution in [0.2, 0.25) is 5.02 Å². The van der Waals surface area contributed by atoms with E-state index in [1.54, 1.807) is 24.4 Å². The van der Waals surface area contributed by atoms with Gasteiger partial charge in [-0.25, -0.2) is 10.4 Å². The molecule has 0 aliphatic carbocycles. The highest BCUT2D eigenvalue weighted by molar-refractivity contribution is 7.13. The number of carbonyl (C=O) groups excluding carboxylic acids is 1. The van der Waals surface area contributed by atoms with Crippen LogP contribution in [-0.4, -0.2) is 23.6 Å². The molecule has 3 aromatic rings. The van der Waals surface area contributed by atoms with Gasteiger partial charge >= 0.3 is 6.18 Å². The smallest absolute Gasteiger partial charge is 0.322 e. The molecule has 0 spiro atoms. The predicted octanol–water partition coefficient (Wildman–Crippen LogP) is 5.24. The minimum atomic E-state index is -4.74. The molecule has 154 valence electrons. The molecule has 0 unspecified atom stereocenters. The summed E-state index contributed by atoms with van der Waals surface area (Å²) < 4.78 is 41.5. The number of benzene rings is 2. The second kappa shape index (κ2) is 8.10. The molecule has 0 saturated carbocycles. The Kier molecular flexibility index (Phi) is 5.50. The zero-order chi connectivity index (χ0) is 21.3. The maximum atomic E-state index is 13.8. The van der Waals surface area contributed by atoms with Gasteiger partial charge in [-0.05, 0) is 36.4 Å². The van der Waals surface area contributed by atoms with Gasteiger partial charge in [0.25, 0.3) is 5.91 Å². The standard InChI is InChI=1S/C20H14ClF3N4OS/c21-13-4-6-15(7-5-13)28-17(20(22,23)24)16(11-26-28)18(29)27-14-3-1-2-12(10-14)19-25-8-9-30-19/h1-10,26H,11H2,(H,27,29). The first kappa shape index (κ1) is 20.4. The lowest BCUT2D eigenvalue weighted by Gasteiger charge is -2.24. The number of allylic oxidation sites excluding steroid dienone is 1. The van der Waals surface area contributed by atoms with Crippen molar-refractivity contribution in [1.82, 2.24) is 10.4 Å². The lowest BCUT2D eigenvalue weighted by atomic mass is 10.1. The van der Waals surface area contributed by atoms with Crippen molar-refractivity contribution in [1.29, 1.82) is 0 Å². The minimum absolute atomic E-state index is 0.222. The Morgan fingerprint density at radius 1 is 1.20 bits per heavy atom. The number of nitrogens with one attached hydrogen (secondary N) is 2. The molecule has 1 aromatic heterocycles. The lowest BCUT2D eigenvalue weighted by molar-refractivity contribution is -0.114. The van der Waals surface area contributed by atoms with Crippen LogP contribution in [0.1, 0.15) is 0 Å². The van der Waals surface area contributed by atoms with E-state index < -0.39 is 23.4 Å². The number of hydrazine groups is 1. The predicted molar refractivity (Wildman–Crippen MR) is 111 cm³/mol. The van der Waals surface area contributed by atoms with Crippen molar-refractivity contribution in [3.63, 3.8) is 0 Å². The fraction of sp³-hybridized carbons (Fsp3) is 0.100. The SMILES string of the molecule is O=C(Nc1cccc(-c2nccs2)c1)C1=C(C(F)(F)F)N(c2ccc(Cl)cc2)NC1. The highest BCUT2D eigenvalue weighted by atomic mass is 35.5. The second-order valence-corrected chi connectivity index (χ2v) is 7.67. The largest absolute Gasteiger partial charge is 0.433 e. The van der Waals surface area contributed by atoms with Crippen LogP contribution in [-0.2, 0) is 4.79 Å². The molecule has 0 fully saturated rings. The fourth-order valence-electron chi connectivity index (χ4n) is 3.05. The number of aromatic nitrogens is 1. The molecule has 2 N–H and O–H groups in total. The van der Waals surface area contributed by atoms with Gasteiger partial charge in [0, 0.05) is 34.4 Å². The Balaban J connectivity index is 1.64. The van der Waals surface area contributed by atoms with Crippen LogP contribution in [0.25, 0.3) is 10.6 Å². The molecule has 10 heteroatoms. The van der Waals surface area contributed by atoms with E-state index in [1.807, 2.05) is 11.4 Å². The van der Waals surface area contributed by atoms with Crippen LogP contribution in [0.4, 0.5) is 24.5 Å². The third kappa shape index (κ3) is 4.18. The van der Waals surface area contributed by atoms with E-state index in [-0.39, 0.29) is 12.2 Å². The van der Waals surface area contributed by atoms with Crippen LogP contribution in [0.15, 0.2) is 71.4 Å². The number of alkyl halides is 3. The van der Waals surface area contributed by atoms with Gasteiger partial charge in [0.05, 0.1) is 11.3 Å². The molecule has 2 heterocycles. The van der Waals surface area contributed by atoms with Gasteiger partial charge in [-0.15, -0.1) is 11.3 Å². The van der Waals surface area contributed by atoms with Crippen molar-refractivity contribution >= 4 is 40.2 Å². The first-order valence-corrected chi connectivity index (χ1v) is 9.99. The van der Waals surface area contributed by atoms with Gasteiger partial charge in [-0.3, -0.25) is 9.80 Å². The van der Waals surface area contributed by atoms with Gasteiger partial charge in [-0.2, -0.15) is 13.2 Å². The number of thiazole rings is 1. The van der Waals surface area contributed by atoms with Crippen molar-refractivity contribution in [2.75, 3.05) is 16.9 Å². The Labute approximate surface area is 178 Å². The summed E-state index contributed by atoms with van der Waals surface area (Å²) in [7, 11) is 0. The van der Waals surface area contributed by atoms with Crippen LogP contribution in [0.5, 0.6) is 0 Å². The Morgan fingerprint density at radius 3 is 2.63 bits per heavy atom. The lowest BCUT2D eigenvalue weighted by Crippen LogP contribution is -2.36. The van der Waals surface area contributed by atoms with E-state index in [2.05, 4.69) is 15.7 Å². The molecule has 0 radical (unpaired) electrons. The summed E-state index contributed by atoms with van der Waals surface area (Å²) in [6.07, 6.45) is -3.08. The number of anilines is 2. The second-order valence-electron chi connectivity index (χ2n) is 6.34. The summed E-state index contributed by atoms with van der Waals surface area (Å²) >= 11 is 7.25. The summed E-state index contributed by atoms with van der Waals surface area (Å²) in [4.78, 5) is 16.9. The van der Waals surface area contributed by atoms with E-state index in [9.17, 15) is 18.0 Å². The Hall–Kier alpha value is -2.88. The molecule has 0 atom stereocenters. The van der Waals surface area contributed by atoms with Crippen molar-refractivity contribution in [2.45, 2.75) is 6.18 Å². The molecule has 0 bridgehead atoms. The third-order valence-electron chi connectivity index (χ3n) is 4.35. The average molecular weight is 451 g/mol. The molecule has 0 saturated heterocycles. The maximum absolute atomic E-state index is 13.8. The van der Waals surface area contributed by atoms with E-state index in [0.717, 1.165) is 15.6 Å². The number of hydrogen-bond donors (Lipinski definition) is 2.